The molecule has 0 amide bonds. The molecule has 1 N–H and O–H groups in total. The van der Waals surface area contributed by atoms with E-state index in [1.807, 2.05) is 0 Å². The topological polar surface area (TPSA) is 58.2 Å². The minimum absolute atomic E-state index is 0.0348. The van der Waals surface area contributed by atoms with Gasteiger partial charge in [0.2, 0.25) is 0 Å². The van der Waals surface area contributed by atoms with Gasteiger partial charge < -0.3 is 9.72 Å². The molecule has 5 nitrogen and oxygen atoms in total. The third-order valence-corrected chi connectivity index (χ3v) is 7.74. The molecule has 5 rings (SSSR count). The number of aryl methyl sites for hydroxylation is 2. The average molecular weight is 416 g/mol. The number of ether oxygens (including phenoxy) is 1. The number of thiophene rings is 2. The molecule has 28 heavy (non-hydrogen) atoms. The van der Waals surface area contributed by atoms with Crippen molar-refractivity contribution >= 4 is 32.9 Å². The van der Waals surface area contributed by atoms with Gasteiger partial charge in [-0.05, 0) is 55.5 Å². The number of fused-ring (bicyclic) bond motifs is 3. The van der Waals surface area contributed by atoms with Gasteiger partial charge in [0, 0.05) is 29.5 Å². The number of H-pyrrole nitrogens is 1. The fourth-order valence-electron chi connectivity index (χ4n) is 4.38. The molecular formula is C21H25N3O2S2. The molecule has 2 aliphatic rings. The van der Waals surface area contributed by atoms with Gasteiger partial charge >= 0.3 is 0 Å². The second-order valence-electron chi connectivity index (χ2n) is 7.79. The summed E-state index contributed by atoms with van der Waals surface area (Å²) in [5.41, 5.74) is 1.29. The molecule has 0 unspecified atom stereocenters. The van der Waals surface area contributed by atoms with Crippen LogP contribution < -0.4 is 5.56 Å². The minimum Gasteiger partial charge on any atom is -0.377 e. The lowest BCUT2D eigenvalue weighted by Crippen LogP contribution is -2.32. The molecule has 0 aromatic carbocycles. The second-order valence-corrected chi connectivity index (χ2v) is 9.90. The first-order valence-corrected chi connectivity index (χ1v) is 11.9. The quantitative estimate of drug-likeness (QED) is 0.658. The Morgan fingerprint density at radius 1 is 1.25 bits per heavy atom. The third kappa shape index (κ3) is 3.81. The van der Waals surface area contributed by atoms with E-state index in [0.29, 0.717) is 6.54 Å². The Bertz CT molecular complexity index is 1000. The summed E-state index contributed by atoms with van der Waals surface area (Å²) in [6.07, 6.45) is 7.04. The molecule has 0 spiro atoms. The van der Waals surface area contributed by atoms with Crippen LogP contribution in [0.1, 0.15) is 46.8 Å². The van der Waals surface area contributed by atoms with E-state index >= 15 is 0 Å². The van der Waals surface area contributed by atoms with E-state index in [-0.39, 0.29) is 11.7 Å². The molecule has 1 aliphatic heterocycles. The number of nitrogens with one attached hydrogen (secondary N) is 1. The molecule has 3 aromatic rings. The SMILES string of the molecule is O=c1[nH]c(CN(Cc2cccs2)C[C@H]2CCCO2)nc2sc3c(c12)CCCC3. The summed E-state index contributed by atoms with van der Waals surface area (Å²) >= 11 is 3.49. The highest BCUT2D eigenvalue weighted by Crippen LogP contribution is 2.33. The number of nitrogens with zero attached hydrogens (tertiary/aromatic N) is 2. The summed E-state index contributed by atoms with van der Waals surface area (Å²) in [7, 11) is 0. The summed E-state index contributed by atoms with van der Waals surface area (Å²) < 4.78 is 5.86. The highest BCUT2D eigenvalue weighted by molar-refractivity contribution is 7.18. The van der Waals surface area contributed by atoms with Crippen LogP contribution in [0.25, 0.3) is 10.2 Å². The highest BCUT2D eigenvalue weighted by Gasteiger charge is 2.23. The standard InChI is InChI=1S/C21H25N3O2S2/c25-20-19-16-7-1-2-8-17(16)28-21(19)23-18(22-20)13-24(11-14-5-3-9-26-14)12-15-6-4-10-27-15/h4,6,10,14H,1-3,5,7-9,11-13H2,(H,22,23,25)/t14-/m1/s1. The van der Waals surface area contributed by atoms with Crippen molar-refractivity contribution in [1.29, 1.82) is 0 Å². The molecule has 1 fully saturated rings. The first-order valence-electron chi connectivity index (χ1n) is 10.2. The zero-order chi connectivity index (χ0) is 18.9. The summed E-state index contributed by atoms with van der Waals surface area (Å²) in [6, 6.07) is 4.26. The highest BCUT2D eigenvalue weighted by atomic mass is 32.1. The van der Waals surface area contributed by atoms with Crippen LogP contribution in [0.5, 0.6) is 0 Å². The van der Waals surface area contributed by atoms with E-state index in [9.17, 15) is 4.79 Å². The molecule has 1 atom stereocenters. The Hall–Kier alpha value is -1.54. The fourth-order valence-corrected chi connectivity index (χ4v) is 6.41. The van der Waals surface area contributed by atoms with Crippen molar-refractivity contribution in [1.82, 2.24) is 14.9 Å². The molecule has 0 radical (unpaired) electrons. The van der Waals surface area contributed by atoms with Gasteiger partial charge in [-0.25, -0.2) is 4.98 Å². The molecule has 4 heterocycles. The molecule has 0 bridgehead atoms. The van der Waals surface area contributed by atoms with Crippen molar-refractivity contribution < 1.29 is 4.74 Å². The lowest BCUT2D eigenvalue weighted by molar-refractivity contribution is 0.0674. The maximum atomic E-state index is 12.8. The normalized spacial score (nSPS) is 19.5. The smallest absolute Gasteiger partial charge is 0.259 e. The predicted octanol–water partition coefficient (Wildman–Crippen LogP) is 4.11. The lowest BCUT2D eigenvalue weighted by atomic mass is 9.97. The second kappa shape index (κ2) is 8.06. The average Bonchev–Trinajstić information content (AvgIpc) is 3.41. The van der Waals surface area contributed by atoms with Crippen LogP contribution >= 0.6 is 22.7 Å². The first kappa shape index (κ1) is 18.5. The Morgan fingerprint density at radius 2 is 2.18 bits per heavy atom. The van der Waals surface area contributed by atoms with Crippen molar-refractivity contribution in [2.24, 2.45) is 0 Å². The van der Waals surface area contributed by atoms with Gasteiger partial charge in [-0.15, -0.1) is 22.7 Å². The number of rotatable bonds is 6. The van der Waals surface area contributed by atoms with Crippen molar-refractivity contribution in [3.8, 4) is 0 Å². The fraction of sp³-hybridized carbons (Fsp3) is 0.524. The molecular weight excluding hydrogens is 390 g/mol. The van der Waals surface area contributed by atoms with Gasteiger partial charge in [0.1, 0.15) is 10.7 Å². The van der Waals surface area contributed by atoms with E-state index in [1.54, 1.807) is 22.7 Å². The maximum absolute atomic E-state index is 12.8. The summed E-state index contributed by atoms with van der Waals surface area (Å²) in [5, 5.41) is 2.95. The predicted molar refractivity (Wildman–Crippen MR) is 114 cm³/mol. The van der Waals surface area contributed by atoms with Gasteiger partial charge in [0.15, 0.2) is 0 Å². The zero-order valence-corrected chi connectivity index (χ0v) is 17.5. The van der Waals surface area contributed by atoms with Crippen LogP contribution in [0.2, 0.25) is 0 Å². The molecule has 1 aliphatic carbocycles. The summed E-state index contributed by atoms with van der Waals surface area (Å²) in [4.78, 5) is 26.8. The zero-order valence-electron chi connectivity index (χ0n) is 15.9. The Kier molecular flexibility index (Phi) is 5.32. The van der Waals surface area contributed by atoms with Crippen LogP contribution in [0, 0.1) is 0 Å². The Balaban J connectivity index is 1.42. The Labute approximate surface area is 172 Å². The summed E-state index contributed by atoms with van der Waals surface area (Å²) in [6.45, 7) is 3.24. The van der Waals surface area contributed by atoms with Crippen LogP contribution in [-0.2, 0) is 30.7 Å². The van der Waals surface area contributed by atoms with E-state index in [2.05, 4.69) is 27.4 Å². The maximum Gasteiger partial charge on any atom is 0.259 e. The number of hydrogen-bond donors (Lipinski definition) is 1. The van der Waals surface area contributed by atoms with Crippen molar-refractivity contribution in [2.75, 3.05) is 13.2 Å². The molecule has 7 heteroatoms. The van der Waals surface area contributed by atoms with Gasteiger partial charge in [-0.1, -0.05) is 6.07 Å². The summed E-state index contributed by atoms with van der Waals surface area (Å²) in [5.74, 6) is 0.769. The van der Waals surface area contributed by atoms with E-state index in [0.717, 1.165) is 61.4 Å². The molecule has 0 saturated carbocycles. The number of aromatic nitrogens is 2. The van der Waals surface area contributed by atoms with Crippen LogP contribution in [0.3, 0.4) is 0 Å². The van der Waals surface area contributed by atoms with Gasteiger partial charge in [0.05, 0.1) is 18.0 Å². The van der Waals surface area contributed by atoms with Crippen molar-refractivity contribution in [2.45, 2.75) is 57.7 Å². The molecule has 3 aromatic heterocycles. The Morgan fingerprint density at radius 3 is 3.00 bits per heavy atom. The first-order chi connectivity index (χ1) is 13.8. The number of hydrogen-bond acceptors (Lipinski definition) is 6. The van der Waals surface area contributed by atoms with Crippen molar-refractivity contribution in [3.05, 3.63) is 49.0 Å². The van der Waals surface area contributed by atoms with E-state index in [1.165, 1.54) is 28.2 Å². The lowest BCUT2D eigenvalue weighted by Gasteiger charge is -2.24. The van der Waals surface area contributed by atoms with Crippen LogP contribution in [0.15, 0.2) is 22.3 Å². The largest absolute Gasteiger partial charge is 0.377 e. The van der Waals surface area contributed by atoms with Gasteiger partial charge in [0.25, 0.3) is 5.56 Å². The van der Waals surface area contributed by atoms with E-state index in [4.69, 9.17) is 9.72 Å². The minimum atomic E-state index is 0.0348. The van der Waals surface area contributed by atoms with Crippen molar-refractivity contribution in [3.63, 3.8) is 0 Å². The van der Waals surface area contributed by atoms with Gasteiger partial charge in [-0.3, -0.25) is 9.69 Å². The van der Waals surface area contributed by atoms with Crippen LogP contribution in [0.4, 0.5) is 0 Å². The van der Waals surface area contributed by atoms with Crippen LogP contribution in [-0.4, -0.2) is 34.1 Å². The third-order valence-electron chi connectivity index (χ3n) is 5.69. The van der Waals surface area contributed by atoms with E-state index < -0.39 is 0 Å². The molecule has 1 saturated heterocycles. The van der Waals surface area contributed by atoms with Gasteiger partial charge in [-0.2, -0.15) is 0 Å². The number of aromatic amines is 1. The molecule has 148 valence electrons. The monoisotopic (exact) mass is 415 g/mol.